The third kappa shape index (κ3) is 3.56. The summed E-state index contributed by atoms with van der Waals surface area (Å²) < 4.78 is 23.9. The molecule has 0 aromatic heterocycles. The molecule has 0 saturated carbocycles. The van der Waals surface area contributed by atoms with E-state index >= 15 is 0 Å². The van der Waals surface area contributed by atoms with Crippen LogP contribution in [-0.2, 0) is 13.6 Å². The largest absolute Gasteiger partial charge is 0.348 e. The first-order valence-electron chi connectivity index (χ1n) is 7.15. The highest BCUT2D eigenvalue weighted by molar-refractivity contribution is 8.02. The molecule has 6 heteroatoms. The van der Waals surface area contributed by atoms with Gasteiger partial charge >= 0.3 is 7.60 Å². The van der Waals surface area contributed by atoms with Gasteiger partial charge in [-0.15, -0.1) is 11.8 Å². The quantitative estimate of drug-likeness (QED) is 0.714. The minimum atomic E-state index is -3.13. The Morgan fingerprint density at radius 2 is 1.58 bits per heavy atom. The number of hydrogen-bond donors (Lipinski definition) is 1. The summed E-state index contributed by atoms with van der Waals surface area (Å²) in [6.45, 7) is 13.1. The Morgan fingerprint density at radius 3 is 1.89 bits per heavy atom. The average molecular weight is 309 g/mol. The summed E-state index contributed by atoms with van der Waals surface area (Å²) >= 11 is 1.86. The van der Waals surface area contributed by atoms with Crippen molar-refractivity contribution in [2.24, 2.45) is 0 Å². The molecule has 0 bridgehead atoms. The van der Waals surface area contributed by atoms with Crippen molar-refractivity contribution in [1.82, 2.24) is 5.32 Å². The van der Waals surface area contributed by atoms with Gasteiger partial charge in [0.1, 0.15) is 5.78 Å². The SMILES string of the molecule is CCOP(=O)(OCC)C1NC(CC)(CC)SC1(C)C. The second-order valence-electron chi connectivity index (χ2n) is 5.33. The highest BCUT2D eigenvalue weighted by Crippen LogP contribution is 2.63. The molecule has 1 atom stereocenters. The van der Waals surface area contributed by atoms with E-state index in [1.54, 1.807) is 0 Å². The fourth-order valence-corrected chi connectivity index (χ4v) is 7.15. The number of rotatable bonds is 7. The summed E-state index contributed by atoms with van der Waals surface area (Å²) in [7, 11) is -3.13. The van der Waals surface area contributed by atoms with Crippen LogP contribution >= 0.6 is 19.4 Å². The maximum Gasteiger partial charge on any atom is 0.348 e. The van der Waals surface area contributed by atoms with Crippen LogP contribution in [-0.4, -0.2) is 28.6 Å². The fourth-order valence-electron chi connectivity index (χ4n) is 2.62. The molecule has 4 nitrogen and oxygen atoms in total. The highest BCUT2D eigenvalue weighted by atomic mass is 32.2. The Balaban J connectivity index is 3.06. The molecule has 0 amide bonds. The van der Waals surface area contributed by atoms with Crippen LogP contribution in [0.25, 0.3) is 0 Å². The second-order valence-corrected chi connectivity index (χ2v) is 9.48. The van der Waals surface area contributed by atoms with Gasteiger partial charge in [0.25, 0.3) is 0 Å². The van der Waals surface area contributed by atoms with Gasteiger partial charge in [-0.25, -0.2) is 0 Å². The standard InChI is InChI=1S/C13H28NO3PS/c1-7-13(8-2)14-11(12(5,6)19-13)18(15,16-9-3)17-10-4/h11,14H,7-10H2,1-6H3. The summed E-state index contributed by atoms with van der Waals surface area (Å²) in [4.78, 5) is -0.0297. The van der Waals surface area contributed by atoms with Crippen molar-refractivity contribution in [1.29, 1.82) is 0 Å². The van der Waals surface area contributed by atoms with E-state index in [0.29, 0.717) is 13.2 Å². The van der Waals surface area contributed by atoms with Gasteiger partial charge in [0.05, 0.1) is 18.1 Å². The summed E-state index contributed by atoms with van der Waals surface area (Å²) in [6, 6.07) is 0. The zero-order valence-corrected chi connectivity index (χ0v) is 14.7. The van der Waals surface area contributed by atoms with Gasteiger partial charge in [-0.2, -0.15) is 0 Å². The van der Waals surface area contributed by atoms with E-state index < -0.39 is 7.60 Å². The summed E-state index contributed by atoms with van der Waals surface area (Å²) in [6.07, 6.45) is 1.98. The lowest BCUT2D eigenvalue weighted by Crippen LogP contribution is -2.44. The van der Waals surface area contributed by atoms with Gasteiger partial charge in [0, 0.05) is 4.75 Å². The monoisotopic (exact) mass is 309 g/mol. The van der Waals surface area contributed by atoms with Gasteiger partial charge in [-0.3, -0.25) is 9.88 Å². The normalized spacial score (nSPS) is 25.7. The zero-order valence-electron chi connectivity index (χ0n) is 13.0. The van der Waals surface area contributed by atoms with E-state index in [-0.39, 0.29) is 15.4 Å². The Hall–Kier alpha value is 0.460. The lowest BCUT2D eigenvalue weighted by atomic mass is 10.1. The van der Waals surface area contributed by atoms with Crippen LogP contribution < -0.4 is 5.32 Å². The number of thioether (sulfide) groups is 1. The third-order valence-corrected chi connectivity index (χ3v) is 8.26. The first-order valence-corrected chi connectivity index (χ1v) is 9.58. The van der Waals surface area contributed by atoms with Crippen molar-refractivity contribution in [2.45, 2.75) is 69.8 Å². The highest BCUT2D eigenvalue weighted by Gasteiger charge is 2.56. The molecule has 0 radical (unpaired) electrons. The third-order valence-electron chi connectivity index (χ3n) is 3.59. The van der Waals surface area contributed by atoms with Crippen LogP contribution in [0.4, 0.5) is 0 Å². The van der Waals surface area contributed by atoms with E-state index in [1.165, 1.54) is 0 Å². The molecule has 1 rings (SSSR count). The zero-order chi connectivity index (χ0) is 14.7. The van der Waals surface area contributed by atoms with Gasteiger partial charge in [0.15, 0.2) is 0 Å². The summed E-state index contributed by atoms with van der Waals surface area (Å²) in [5, 5.41) is 3.55. The topological polar surface area (TPSA) is 47.6 Å². The lowest BCUT2D eigenvalue weighted by molar-refractivity contribution is 0.201. The van der Waals surface area contributed by atoms with Crippen molar-refractivity contribution in [3.05, 3.63) is 0 Å². The van der Waals surface area contributed by atoms with E-state index in [4.69, 9.17) is 9.05 Å². The van der Waals surface area contributed by atoms with Crippen LogP contribution in [0.1, 0.15) is 54.4 Å². The van der Waals surface area contributed by atoms with E-state index in [1.807, 2.05) is 25.6 Å². The van der Waals surface area contributed by atoms with Gasteiger partial charge in [0.2, 0.25) is 0 Å². The molecule has 0 aliphatic carbocycles. The van der Waals surface area contributed by atoms with Crippen molar-refractivity contribution < 1.29 is 13.6 Å². The van der Waals surface area contributed by atoms with Crippen molar-refractivity contribution in [2.75, 3.05) is 13.2 Å². The van der Waals surface area contributed by atoms with Crippen LogP contribution in [0.5, 0.6) is 0 Å². The minimum Gasteiger partial charge on any atom is -0.308 e. The fraction of sp³-hybridized carbons (Fsp3) is 1.00. The Morgan fingerprint density at radius 1 is 1.11 bits per heavy atom. The van der Waals surface area contributed by atoms with Crippen molar-refractivity contribution in [3.63, 3.8) is 0 Å². The van der Waals surface area contributed by atoms with Crippen molar-refractivity contribution >= 4 is 19.4 Å². The first kappa shape index (κ1) is 17.5. The van der Waals surface area contributed by atoms with E-state index in [2.05, 4.69) is 33.0 Å². The van der Waals surface area contributed by atoms with E-state index in [0.717, 1.165) is 12.8 Å². The van der Waals surface area contributed by atoms with Crippen molar-refractivity contribution in [3.8, 4) is 0 Å². The van der Waals surface area contributed by atoms with Crippen LogP contribution in [0.15, 0.2) is 0 Å². The minimum absolute atomic E-state index is 0.0297. The van der Waals surface area contributed by atoms with E-state index in [9.17, 15) is 4.57 Å². The molecular weight excluding hydrogens is 281 g/mol. The maximum atomic E-state index is 13.0. The number of nitrogens with one attached hydrogen (secondary N) is 1. The molecule has 1 aliphatic heterocycles. The Bertz CT molecular complexity index is 335. The molecule has 1 aliphatic rings. The molecule has 1 saturated heterocycles. The van der Waals surface area contributed by atoms with Gasteiger partial charge in [-0.1, -0.05) is 13.8 Å². The molecular formula is C13H28NO3PS. The second kappa shape index (κ2) is 6.48. The van der Waals surface area contributed by atoms with Crippen LogP contribution in [0.3, 0.4) is 0 Å². The van der Waals surface area contributed by atoms with Gasteiger partial charge in [-0.05, 0) is 40.5 Å². The summed E-state index contributed by atoms with van der Waals surface area (Å²) in [5.41, 5.74) is 0. The molecule has 19 heavy (non-hydrogen) atoms. The predicted molar refractivity (Wildman–Crippen MR) is 82.8 cm³/mol. The molecule has 0 aromatic carbocycles. The molecule has 1 fully saturated rings. The smallest absolute Gasteiger partial charge is 0.308 e. The lowest BCUT2D eigenvalue weighted by Gasteiger charge is -2.31. The predicted octanol–water partition coefficient (Wildman–Crippen LogP) is 4.21. The number of hydrogen-bond acceptors (Lipinski definition) is 5. The van der Waals surface area contributed by atoms with Gasteiger partial charge < -0.3 is 9.05 Å². The first-order chi connectivity index (χ1) is 8.79. The Labute approximate surface area is 121 Å². The molecule has 1 unspecified atom stereocenters. The molecule has 0 spiro atoms. The maximum absolute atomic E-state index is 13.0. The molecule has 1 heterocycles. The average Bonchev–Trinajstić information content (AvgIpc) is 2.63. The van der Waals surface area contributed by atoms with Crippen LogP contribution in [0.2, 0.25) is 0 Å². The molecule has 0 aromatic rings. The summed E-state index contributed by atoms with van der Waals surface area (Å²) in [5.74, 6) is -0.259. The Kier molecular flexibility index (Phi) is 5.98. The molecule has 114 valence electrons. The van der Waals surface area contributed by atoms with Crippen LogP contribution in [0, 0.1) is 0 Å². The molecule has 1 N–H and O–H groups in total.